The fourth-order valence-electron chi connectivity index (χ4n) is 1.16. The van der Waals surface area contributed by atoms with Gasteiger partial charge in [-0.15, -0.1) is 5.10 Å². The van der Waals surface area contributed by atoms with E-state index in [0.29, 0.717) is 0 Å². The van der Waals surface area contributed by atoms with E-state index < -0.39 is 10.0 Å². The maximum Gasteiger partial charge on any atom is 0.284 e. The number of hydrogen-bond acceptors (Lipinski definition) is 6. The van der Waals surface area contributed by atoms with Crippen molar-refractivity contribution in [1.29, 1.82) is 0 Å². The predicted octanol–water partition coefficient (Wildman–Crippen LogP) is 0.822. The zero-order valence-electron chi connectivity index (χ0n) is 8.87. The van der Waals surface area contributed by atoms with Gasteiger partial charge in [-0.2, -0.15) is 8.42 Å². The molecule has 0 saturated carbocycles. The van der Waals surface area contributed by atoms with Crippen LogP contribution in [0.5, 0.6) is 0 Å². The fraction of sp³-hybridized carbons (Fsp3) is 0.143. The summed E-state index contributed by atoms with van der Waals surface area (Å²) < 4.78 is 27.5. The van der Waals surface area contributed by atoms with Crippen molar-refractivity contribution in [3.63, 3.8) is 0 Å². The van der Waals surface area contributed by atoms with Gasteiger partial charge in [0.05, 0.1) is 0 Å². The molecule has 0 aliphatic heterocycles. The number of nitrogens with one attached hydrogen (secondary N) is 1. The molecule has 2 rings (SSSR count). The van der Waals surface area contributed by atoms with E-state index in [0.717, 1.165) is 4.68 Å². The summed E-state index contributed by atoms with van der Waals surface area (Å²) in [6.07, 6.45) is 1.34. The van der Waals surface area contributed by atoms with Crippen LogP contribution in [0.25, 0.3) is 0 Å². The SMILES string of the molecule is Cn1nnc(Br)c1S(=O)(=O)Nc1nccc(Cl)n1. The van der Waals surface area contributed by atoms with Gasteiger partial charge < -0.3 is 0 Å². The summed E-state index contributed by atoms with van der Waals surface area (Å²) in [5, 5.41) is 7.16. The molecule has 0 saturated heterocycles. The predicted molar refractivity (Wildman–Crippen MR) is 66.6 cm³/mol. The number of rotatable bonds is 3. The van der Waals surface area contributed by atoms with Gasteiger partial charge in [-0.1, -0.05) is 16.8 Å². The monoisotopic (exact) mass is 352 g/mol. The van der Waals surface area contributed by atoms with Crippen molar-refractivity contribution in [2.45, 2.75) is 5.03 Å². The molecule has 96 valence electrons. The average molecular weight is 354 g/mol. The summed E-state index contributed by atoms with van der Waals surface area (Å²) in [5.41, 5.74) is 0. The Hall–Kier alpha value is -1.26. The van der Waals surface area contributed by atoms with Crippen LogP contribution in [0.4, 0.5) is 5.95 Å². The van der Waals surface area contributed by atoms with Crippen LogP contribution in [0.1, 0.15) is 0 Å². The van der Waals surface area contributed by atoms with Crippen LogP contribution in [-0.4, -0.2) is 33.4 Å². The van der Waals surface area contributed by atoms with Gasteiger partial charge in [0.1, 0.15) is 5.15 Å². The maximum absolute atomic E-state index is 12.1. The lowest BCUT2D eigenvalue weighted by atomic mass is 10.7. The van der Waals surface area contributed by atoms with Crippen LogP contribution in [-0.2, 0) is 17.1 Å². The molecule has 18 heavy (non-hydrogen) atoms. The number of aryl methyl sites for hydroxylation is 1. The summed E-state index contributed by atoms with van der Waals surface area (Å²) in [6, 6.07) is 1.43. The number of sulfonamides is 1. The molecule has 0 amide bonds. The molecule has 0 fully saturated rings. The molecular formula is C7H6BrClN6O2S. The molecule has 0 spiro atoms. The van der Waals surface area contributed by atoms with Crippen molar-refractivity contribution in [3.05, 3.63) is 22.0 Å². The first-order valence-corrected chi connectivity index (χ1v) is 7.12. The van der Waals surface area contributed by atoms with Gasteiger partial charge in [-0.05, 0) is 22.0 Å². The third-order valence-corrected chi connectivity index (χ3v) is 4.26. The van der Waals surface area contributed by atoms with E-state index in [4.69, 9.17) is 11.6 Å². The Bertz CT molecular complexity index is 667. The van der Waals surface area contributed by atoms with Gasteiger partial charge in [0.2, 0.25) is 11.0 Å². The standard InChI is InChI=1S/C7H6BrClN6O2S/c1-15-6(5(8)12-14-15)18(16,17)13-7-10-3-2-4(9)11-7/h2-3H,1H3,(H,10,11,13). The normalized spacial score (nSPS) is 11.5. The van der Waals surface area contributed by atoms with Crippen LogP contribution < -0.4 is 4.72 Å². The van der Waals surface area contributed by atoms with E-state index in [1.165, 1.54) is 19.3 Å². The van der Waals surface area contributed by atoms with Crippen molar-refractivity contribution in [2.75, 3.05) is 4.72 Å². The van der Waals surface area contributed by atoms with Crippen LogP contribution in [0, 0.1) is 0 Å². The lowest BCUT2D eigenvalue weighted by molar-refractivity contribution is 0.578. The highest BCUT2D eigenvalue weighted by atomic mass is 79.9. The van der Waals surface area contributed by atoms with Crippen molar-refractivity contribution < 1.29 is 8.42 Å². The second-order valence-electron chi connectivity index (χ2n) is 3.12. The third kappa shape index (κ3) is 2.60. The Balaban J connectivity index is 2.39. The summed E-state index contributed by atoms with van der Waals surface area (Å²) in [4.78, 5) is 7.47. The number of hydrogen-bond donors (Lipinski definition) is 1. The topological polar surface area (TPSA) is 103 Å². The zero-order valence-corrected chi connectivity index (χ0v) is 12.0. The molecular weight excluding hydrogens is 348 g/mol. The van der Waals surface area contributed by atoms with Gasteiger partial charge in [-0.25, -0.2) is 19.4 Å². The van der Waals surface area contributed by atoms with Gasteiger partial charge in [0.25, 0.3) is 10.0 Å². The fourth-order valence-corrected chi connectivity index (χ4v) is 3.35. The number of halogens is 2. The molecule has 0 aliphatic carbocycles. The van der Waals surface area contributed by atoms with E-state index in [1.807, 2.05) is 0 Å². The smallest absolute Gasteiger partial charge is 0.246 e. The van der Waals surface area contributed by atoms with Crippen molar-refractivity contribution >= 4 is 43.5 Å². The summed E-state index contributed by atoms with van der Waals surface area (Å²) in [6.45, 7) is 0. The molecule has 0 radical (unpaired) electrons. The minimum atomic E-state index is -3.89. The molecule has 0 aromatic carbocycles. The summed E-state index contributed by atoms with van der Waals surface area (Å²) in [5.74, 6) is -0.129. The summed E-state index contributed by atoms with van der Waals surface area (Å²) in [7, 11) is -2.44. The van der Waals surface area contributed by atoms with E-state index in [2.05, 4.69) is 40.9 Å². The minimum absolute atomic E-state index is 0.0968. The molecule has 1 N–H and O–H groups in total. The molecule has 0 atom stereocenters. The second-order valence-corrected chi connectivity index (χ2v) is 5.85. The Morgan fingerprint density at radius 2 is 2.22 bits per heavy atom. The second kappa shape index (κ2) is 4.78. The Morgan fingerprint density at radius 3 is 2.78 bits per heavy atom. The van der Waals surface area contributed by atoms with Gasteiger partial charge >= 0.3 is 0 Å². The van der Waals surface area contributed by atoms with Crippen LogP contribution >= 0.6 is 27.5 Å². The first kappa shape index (κ1) is 13.2. The first-order valence-electron chi connectivity index (χ1n) is 4.47. The average Bonchev–Trinajstić information content (AvgIpc) is 2.58. The zero-order chi connectivity index (χ0) is 13.3. The van der Waals surface area contributed by atoms with Gasteiger partial charge in [-0.3, -0.25) is 0 Å². The Morgan fingerprint density at radius 1 is 1.50 bits per heavy atom. The number of aromatic nitrogens is 5. The van der Waals surface area contributed by atoms with Crippen molar-refractivity contribution in [1.82, 2.24) is 25.0 Å². The Kier molecular flexibility index (Phi) is 3.50. The largest absolute Gasteiger partial charge is 0.284 e. The highest BCUT2D eigenvalue weighted by Gasteiger charge is 2.24. The summed E-state index contributed by atoms with van der Waals surface area (Å²) >= 11 is 8.64. The molecule has 2 aromatic heterocycles. The number of anilines is 1. The molecule has 2 heterocycles. The third-order valence-electron chi connectivity index (χ3n) is 1.84. The highest BCUT2D eigenvalue weighted by Crippen LogP contribution is 2.20. The molecule has 8 nitrogen and oxygen atoms in total. The minimum Gasteiger partial charge on any atom is -0.246 e. The van der Waals surface area contributed by atoms with E-state index in [1.54, 1.807) is 0 Å². The first-order chi connectivity index (χ1) is 8.40. The lowest BCUT2D eigenvalue weighted by Crippen LogP contribution is -2.18. The molecule has 0 bridgehead atoms. The number of nitrogens with zero attached hydrogens (tertiary/aromatic N) is 5. The van der Waals surface area contributed by atoms with Gasteiger partial charge in [0, 0.05) is 13.2 Å². The van der Waals surface area contributed by atoms with E-state index >= 15 is 0 Å². The van der Waals surface area contributed by atoms with Crippen molar-refractivity contribution in [2.24, 2.45) is 7.05 Å². The van der Waals surface area contributed by atoms with Crippen LogP contribution in [0.15, 0.2) is 21.9 Å². The Labute approximate surface area is 116 Å². The molecule has 0 unspecified atom stereocenters. The van der Waals surface area contributed by atoms with Gasteiger partial charge in [0.15, 0.2) is 4.60 Å². The van der Waals surface area contributed by atoms with E-state index in [-0.39, 0.29) is 20.7 Å². The molecule has 11 heteroatoms. The van der Waals surface area contributed by atoms with E-state index in [9.17, 15) is 8.42 Å². The van der Waals surface area contributed by atoms with Crippen LogP contribution in [0.2, 0.25) is 5.15 Å². The quantitative estimate of drug-likeness (QED) is 0.820. The lowest BCUT2D eigenvalue weighted by Gasteiger charge is -2.06. The van der Waals surface area contributed by atoms with Crippen molar-refractivity contribution in [3.8, 4) is 0 Å². The van der Waals surface area contributed by atoms with Crippen LogP contribution in [0.3, 0.4) is 0 Å². The molecule has 2 aromatic rings. The highest BCUT2D eigenvalue weighted by molar-refractivity contribution is 9.10. The maximum atomic E-state index is 12.1. The molecule has 0 aliphatic rings.